The van der Waals surface area contributed by atoms with Crippen LogP contribution in [0.2, 0.25) is 5.02 Å². The molecule has 0 atom stereocenters. The molecule has 2 N–H and O–H groups in total. The second kappa shape index (κ2) is 9.03. The topological polar surface area (TPSA) is 59.6 Å². The van der Waals surface area contributed by atoms with Crippen molar-refractivity contribution in [3.05, 3.63) is 47.5 Å². The van der Waals surface area contributed by atoms with Gasteiger partial charge < -0.3 is 20.1 Å². The fourth-order valence-electron chi connectivity index (χ4n) is 2.12. The van der Waals surface area contributed by atoms with Crippen molar-refractivity contribution in [3.63, 3.8) is 0 Å². The smallest absolute Gasteiger partial charge is 0.226 e. The molecule has 2 aromatic rings. The van der Waals surface area contributed by atoms with Gasteiger partial charge in [-0.2, -0.15) is 0 Å². The molecule has 1 amide bonds. The van der Waals surface area contributed by atoms with Crippen LogP contribution < -0.4 is 20.1 Å². The van der Waals surface area contributed by atoms with Gasteiger partial charge in [0.05, 0.1) is 18.7 Å². The van der Waals surface area contributed by atoms with Crippen LogP contribution in [0.1, 0.15) is 13.3 Å². The summed E-state index contributed by atoms with van der Waals surface area (Å²) in [6.07, 6.45) is 0.344. The van der Waals surface area contributed by atoms with Gasteiger partial charge in [-0.15, -0.1) is 0 Å². The lowest BCUT2D eigenvalue weighted by atomic mass is 10.2. The first-order valence-electron chi connectivity index (χ1n) is 7.72. The molecule has 24 heavy (non-hydrogen) atoms. The maximum Gasteiger partial charge on any atom is 0.226 e. The van der Waals surface area contributed by atoms with Crippen molar-refractivity contribution in [1.29, 1.82) is 0 Å². The SMILES string of the molecule is CCOc1ccc(NC(=O)CCNc2ccc(OC)c(Cl)c2)cc1. The maximum absolute atomic E-state index is 12.0. The standard InChI is InChI=1S/C18H21ClN2O3/c1-3-24-15-7-4-13(5-8-15)21-18(22)10-11-20-14-6-9-17(23-2)16(19)12-14/h4-9,12,20H,3,10-11H2,1-2H3,(H,21,22). The van der Waals surface area contributed by atoms with E-state index in [0.717, 1.165) is 17.1 Å². The summed E-state index contributed by atoms with van der Waals surface area (Å²) in [5.41, 5.74) is 1.59. The summed E-state index contributed by atoms with van der Waals surface area (Å²) >= 11 is 6.06. The van der Waals surface area contributed by atoms with Gasteiger partial charge in [0.25, 0.3) is 0 Å². The van der Waals surface area contributed by atoms with Gasteiger partial charge in [0.1, 0.15) is 11.5 Å². The Balaban J connectivity index is 1.77. The lowest BCUT2D eigenvalue weighted by Crippen LogP contribution is -2.16. The first-order valence-corrected chi connectivity index (χ1v) is 8.10. The number of benzene rings is 2. The van der Waals surface area contributed by atoms with Crippen LogP contribution in [0, 0.1) is 0 Å². The average molecular weight is 349 g/mol. The van der Waals surface area contributed by atoms with E-state index in [-0.39, 0.29) is 5.91 Å². The Morgan fingerprint density at radius 3 is 2.46 bits per heavy atom. The highest BCUT2D eigenvalue weighted by Crippen LogP contribution is 2.27. The number of hydrogen-bond donors (Lipinski definition) is 2. The summed E-state index contributed by atoms with van der Waals surface area (Å²) < 4.78 is 10.5. The van der Waals surface area contributed by atoms with Gasteiger partial charge in [0.15, 0.2) is 0 Å². The van der Waals surface area contributed by atoms with E-state index in [0.29, 0.717) is 30.3 Å². The minimum absolute atomic E-state index is 0.0636. The molecule has 0 radical (unpaired) electrons. The predicted octanol–water partition coefficient (Wildman–Crippen LogP) is 4.19. The molecule has 0 heterocycles. The number of hydrogen-bond acceptors (Lipinski definition) is 4. The molecule has 0 aliphatic rings. The second-order valence-corrected chi connectivity index (χ2v) is 5.44. The normalized spacial score (nSPS) is 10.1. The van der Waals surface area contributed by atoms with Crippen LogP contribution in [0.5, 0.6) is 11.5 Å². The third-order valence-corrected chi connectivity index (χ3v) is 3.58. The molecule has 0 saturated heterocycles. The van der Waals surface area contributed by atoms with Gasteiger partial charge in [0, 0.05) is 24.3 Å². The van der Waals surface area contributed by atoms with Gasteiger partial charge in [-0.3, -0.25) is 4.79 Å². The molecule has 5 nitrogen and oxygen atoms in total. The zero-order chi connectivity index (χ0) is 17.4. The van der Waals surface area contributed by atoms with Crippen molar-refractivity contribution in [2.24, 2.45) is 0 Å². The Morgan fingerprint density at radius 1 is 1.12 bits per heavy atom. The molecule has 0 unspecified atom stereocenters. The number of amides is 1. The number of carbonyl (C=O) groups is 1. The largest absolute Gasteiger partial charge is 0.495 e. The highest BCUT2D eigenvalue weighted by Gasteiger charge is 2.04. The van der Waals surface area contributed by atoms with Gasteiger partial charge in [0.2, 0.25) is 5.91 Å². The molecule has 0 saturated carbocycles. The monoisotopic (exact) mass is 348 g/mol. The molecule has 2 rings (SSSR count). The van der Waals surface area contributed by atoms with E-state index in [1.165, 1.54) is 0 Å². The Kier molecular flexibility index (Phi) is 6.75. The summed E-state index contributed by atoms with van der Waals surface area (Å²) in [5, 5.41) is 6.53. The molecule has 0 fully saturated rings. The van der Waals surface area contributed by atoms with Crippen molar-refractivity contribution in [2.45, 2.75) is 13.3 Å². The van der Waals surface area contributed by atoms with Gasteiger partial charge in [-0.1, -0.05) is 11.6 Å². The van der Waals surface area contributed by atoms with Crippen LogP contribution in [0.3, 0.4) is 0 Å². The van der Waals surface area contributed by atoms with E-state index < -0.39 is 0 Å². The number of ether oxygens (including phenoxy) is 2. The molecule has 2 aromatic carbocycles. The first-order chi connectivity index (χ1) is 11.6. The average Bonchev–Trinajstić information content (AvgIpc) is 2.57. The number of halogens is 1. The van der Waals surface area contributed by atoms with Crippen molar-refractivity contribution in [2.75, 3.05) is 30.9 Å². The Hall–Kier alpha value is -2.40. The molecule has 0 aliphatic heterocycles. The second-order valence-electron chi connectivity index (χ2n) is 5.03. The molecule has 6 heteroatoms. The summed E-state index contributed by atoms with van der Waals surface area (Å²) in [7, 11) is 1.57. The number of anilines is 2. The van der Waals surface area contributed by atoms with Crippen LogP contribution in [-0.2, 0) is 4.79 Å². The summed E-state index contributed by atoms with van der Waals surface area (Å²) in [4.78, 5) is 12.0. The molecule has 0 aliphatic carbocycles. The Labute approximate surface area is 146 Å². The van der Waals surface area contributed by atoms with Crippen molar-refractivity contribution in [1.82, 2.24) is 0 Å². The van der Waals surface area contributed by atoms with Crippen LogP contribution >= 0.6 is 11.6 Å². The van der Waals surface area contributed by atoms with E-state index in [2.05, 4.69) is 10.6 Å². The molecule has 0 bridgehead atoms. The third kappa shape index (κ3) is 5.35. The van der Waals surface area contributed by atoms with Gasteiger partial charge >= 0.3 is 0 Å². The fraction of sp³-hybridized carbons (Fsp3) is 0.278. The zero-order valence-corrected chi connectivity index (χ0v) is 14.5. The summed E-state index contributed by atoms with van der Waals surface area (Å²) in [6, 6.07) is 12.7. The van der Waals surface area contributed by atoms with Crippen LogP contribution in [0.25, 0.3) is 0 Å². The fourth-order valence-corrected chi connectivity index (χ4v) is 2.38. The van der Waals surface area contributed by atoms with Crippen LogP contribution in [-0.4, -0.2) is 26.2 Å². The molecule has 0 aromatic heterocycles. The maximum atomic E-state index is 12.0. The van der Waals surface area contributed by atoms with Gasteiger partial charge in [-0.05, 0) is 49.4 Å². The van der Waals surface area contributed by atoms with Crippen molar-refractivity contribution in [3.8, 4) is 11.5 Å². The number of rotatable bonds is 8. The quantitative estimate of drug-likeness (QED) is 0.751. The van der Waals surface area contributed by atoms with Crippen molar-refractivity contribution < 1.29 is 14.3 Å². The third-order valence-electron chi connectivity index (χ3n) is 3.28. The number of methoxy groups -OCH3 is 1. The molecule has 128 valence electrons. The minimum Gasteiger partial charge on any atom is -0.495 e. The van der Waals surface area contributed by atoms with E-state index in [4.69, 9.17) is 21.1 Å². The van der Waals surface area contributed by atoms with E-state index >= 15 is 0 Å². The Morgan fingerprint density at radius 2 is 1.83 bits per heavy atom. The number of carbonyl (C=O) groups excluding carboxylic acids is 1. The lowest BCUT2D eigenvalue weighted by molar-refractivity contribution is -0.115. The van der Waals surface area contributed by atoms with Crippen LogP contribution in [0.4, 0.5) is 11.4 Å². The van der Waals surface area contributed by atoms with Gasteiger partial charge in [-0.25, -0.2) is 0 Å². The number of nitrogens with one attached hydrogen (secondary N) is 2. The highest BCUT2D eigenvalue weighted by molar-refractivity contribution is 6.32. The zero-order valence-electron chi connectivity index (χ0n) is 13.8. The molecule has 0 spiro atoms. The van der Waals surface area contributed by atoms with E-state index in [1.54, 1.807) is 19.2 Å². The van der Waals surface area contributed by atoms with E-state index in [9.17, 15) is 4.79 Å². The molecular formula is C18H21ClN2O3. The summed E-state index contributed by atoms with van der Waals surface area (Å²) in [5.74, 6) is 1.34. The van der Waals surface area contributed by atoms with E-state index in [1.807, 2.05) is 37.3 Å². The molecular weight excluding hydrogens is 328 g/mol. The summed E-state index contributed by atoms with van der Waals surface area (Å²) in [6.45, 7) is 3.05. The van der Waals surface area contributed by atoms with Crippen molar-refractivity contribution >= 4 is 28.9 Å². The highest BCUT2D eigenvalue weighted by atomic mass is 35.5. The predicted molar refractivity (Wildman–Crippen MR) is 97.4 cm³/mol. The Bertz CT molecular complexity index is 674. The minimum atomic E-state index is -0.0636. The van der Waals surface area contributed by atoms with Crippen LogP contribution in [0.15, 0.2) is 42.5 Å². The first kappa shape index (κ1) is 17.9. The lowest BCUT2D eigenvalue weighted by Gasteiger charge is -2.10.